The van der Waals surface area contributed by atoms with Gasteiger partial charge in [0.1, 0.15) is 0 Å². The Labute approximate surface area is 110 Å². The molecule has 0 aromatic rings. The Morgan fingerprint density at radius 3 is 1.25 bits per heavy atom. The van der Waals surface area contributed by atoms with Crippen LogP contribution < -0.4 is 0 Å². The molecule has 1 N–H and O–H groups in total. The maximum Gasteiger partial charge on any atom is 0.512 e. The molecule has 0 bridgehead atoms. The molecule has 6 nitrogen and oxygen atoms in total. The Bertz CT molecular complexity index is 510. The average molecular weight is 353 g/mol. The lowest BCUT2D eigenvalue weighted by atomic mass is 10.1. The van der Waals surface area contributed by atoms with E-state index in [-0.39, 0.29) is 0 Å². The highest BCUT2D eigenvalue weighted by molar-refractivity contribution is 8.04. The summed E-state index contributed by atoms with van der Waals surface area (Å²) >= 11 is 0. The topological polar surface area (TPSA) is 91.8 Å². The molecule has 0 aromatic heterocycles. The molecular formula is C6H9F6NO5S2. The van der Waals surface area contributed by atoms with E-state index in [4.69, 9.17) is 5.11 Å². The molecule has 0 spiro atoms. The molecule has 0 fully saturated rings. The first-order chi connectivity index (χ1) is 8.34. The summed E-state index contributed by atoms with van der Waals surface area (Å²) in [5.41, 5.74) is -15.0. The van der Waals surface area contributed by atoms with Gasteiger partial charge in [0.25, 0.3) is 0 Å². The minimum absolute atomic E-state index is 0.637. The molecule has 0 unspecified atom stereocenters. The maximum absolute atomic E-state index is 12.2. The van der Waals surface area contributed by atoms with Crippen molar-refractivity contribution in [3.63, 3.8) is 0 Å². The fourth-order valence-electron chi connectivity index (χ4n) is 0.846. The first kappa shape index (κ1) is 19.4. The second-order valence-corrected chi connectivity index (χ2v) is 8.08. The summed E-state index contributed by atoms with van der Waals surface area (Å²) in [6.45, 7) is -0.674. The van der Waals surface area contributed by atoms with Crippen LogP contribution in [0.2, 0.25) is 0 Å². The van der Waals surface area contributed by atoms with Gasteiger partial charge in [0.15, 0.2) is 0 Å². The van der Waals surface area contributed by atoms with Crippen LogP contribution in [0.25, 0.3) is 0 Å². The molecule has 0 aliphatic heterocycles. The van der Waals surface area contributed by atoms with E-state index in [1.165, 1.54) is 0 Å². The molecule has 0 amide bonds. The molecule has 122 valence electrons. The van der Waals surface area contributed by atoms with Crippen LogP contribution in [0.5, 0.6) is 0 Å². The van der Waals surface area contributed by atoms with Crippen molar-refractivity contribution in [3.8, 4) is 0 Å². The molecule has 0 radical (unpaired) electrons. The van der Waals surface area contributed by atoms with E-state index in [0.29, 0.717) is 13.8 Å². The second-order valence-electron chi connectivity index (χ2n) is 4.14. The normalized spacial score (nSPS) is 15.7. The molecule has 0 aliphatic rings. The van der Waals surface area contributed by atoms with E-state index in [1.54, 1.807) is 0 Å². The van der Waals surface area contributed by atoms with Gasteiger partial charge in [0.2, 0.25) is 0 Å². The fourth-order valence-corrected chi connectivity index (χ4v) is 3.82. The summed E-state index contributed by atoms with van der Waals surface area (Å²) in [6.07, 6.45) is 0. The maximum atomic E-state index is 12.2. The SMILES string of the molecule is CC(C)(O)CN(S(=O)(=O)C(F)(F)F)S(=O)(=O)C(F)(F)F. The highest BCUT2D eigenvalue weighted by Crippen LogP contribution is 2.35. The third kappa shape index (κ3) is 3.95. The Balaban J connectivity index is 6.20. The highest BCUT2D eigenvalue weighted by atomic mass is 32.3. The predicted octanol–water partition coefficient (Wildman–Crippen LogP) is 0.759. The smallest absolute Gasteiger partial charge is 0.389 e. The van der Waals surface area contributed by atoms with Crippen molar-refractivity contribution in [3.05, 3.63) is 0 Å². The summed E-state index contributed by atoms with van der Waals surface area (Å²) in [6, 6.07) is 0. The zero-order valence-corrected chi connectivity index (χ0v) is 11.5. The monoisotopic (exact) mass is 353 g/mol. The number of hydrogen-bond acceptors (Lipinski definition) is 5. The van der Waals surface area contributed by atoms with Crippen LogP contribution in [0.3, 0.4) is 0 Å². The van der Waals surface area contributed by atoms with Gasteiger partial charge in [0.05, 0.1) is 12.1 Å². The van der Waals surface area contributed by atoms with Crippen molar-refractivity contribution < 1.29 is 48.3 Å². The first-order valence-electron chi connectivity index (χ1n) is 4.47. The average Bonchev–Trinajstić information content (AvgIpc) is 2.08. The molecule has 0 saturated carbocycles. The fraction of sp³-hybridized carbons (Fsp3) is 1.00. The number of aliphatic hydroxyl groups is 1. The Hall–Kier alpha value is -0.600. The van der Waals surface area contributed by atoms with Crippen molar-refractivity contribution in [2.45, 2.75) is 30.5 Å². The largest absolute Gasteiger partial charge is 0.512 e. The van der Waals surface area contributed by atoms with Gasteiger partial charge in [-0.15, -0.1) is 0 Å². The van der Waals surface area contributed by atoms with Gasteiger partial charge >= 0.3 is 31.1 Å². The zero-order valence-electron chi connectivity index (χ0n) is 9.82. The molecule has 0 atom stereocenters. The van der Waals surface area contributed by atoms with Crippen LogP contribution >= 0.6 is 0 Å². The minimum Gasteiger partial charge on any atom is -0.389 e. The van der Waals surface area contributed by atoms with Crippen LogP contribution in [0.4, 0.5) is 26.3 Å². The minimum atomic E-state index is -6.85. The van der Waals surface area contributed by atoms with Crippen molar-refractivity contribution in [2.24, 2.45) is 0 Å². The van der Waals surface area contributed by atoms with Crippen LogP contribution in [-0.2, 0) is 20.0 Å². The molecule has 20 heavy (non-hydrogen) atoms. The molecule has 14 heteroatoms. The van der Waals surface area contributed by atoms with Gasteiger partial charge in [-0.05, 0) is 13.8 Å². The summed E-state index contributed by atoms with van der Waals surface area (Å²) in [5.74, 6) is 0. The number of sulfonamides is 2. The van der Waals surface area contributed by atoms with E-state index < -0.39 is 46.9 Å². The Morgan fingerprint density at radius 2 is 1.10 bits per heavy atom. The van der Waals surface area contributed by atoms with Crippen LogP contribution in [0.1, 0.15) is 13.8 Å². The quantitative estimate of drug-likeness (QED) is 0.754. The number of halogens is 6. The molecule has 0 heterocycles. The van der Waals surface area contributed by atoms with Gasteiger partial charge in [-0.25, -0.2) is 16.8 Å². The Kier molecular flexibility index (Phi) is 4.84. The van der Waals surface area contributed by atoms with E-state index in [0.717, 1.165) is 0 Å². The van der Waals surface area contributed by atoms with Crippen molar-refractivity contribution in [2.75, 3.05) is 6.54 Å². The van der Waals surface area contributed by atoms with E-state index in [2.05, 4.69) is 0 Å². The third-order valence-electron chi connectivity index (χ3n) is 1.64. The predicted molar refractivity (Wildman–Crippen MR) is 53.0 cm³/mol. The van der Waals surface area contributed by atoms with Gasteiger partial charge in [-0.3, -0.25) is 0 Å². The van der Waals surface area contributed by atoms with Gasteiger partial charge < -0.3 is 5.11 Å². The summed E-state index contributed by atoms with van der Waals surface area (Å²) in [5, 5.41) is 9.14. The highest BCUT2D eigenvalue weighted by Gasteiger charge is 2.62. The number of nitrogens with zero attached hydrogens (tertiary/aromatic N) is 1. The van der Waals surface area contributed by atoms with Crippen molar-refractivity contribution >= 4 is 20.0 Å². The van der Waals surface area contributed by atoms with Gasteiger partial charge in [0, 0.05) is 0 Å². The molecular weight excluding hydrogens is 344 g/mol. The molecule has 0 rings (SSSR count). The lowest BCUT2D eigenvalue weighted by molar-refractivity contribution is -0.0553. The van der Waals surface area contributed by atoms with E-state index in [1.807, 2.05) is 0 Å². The summed E-state index contributed by atoms with van der Waals surface area (Å²) in [4.78, 5) is 0. The molecule has 0 saturated heterocycles. The molecule has 0 aromatic carbocycles. The number of hydrogen-bond donors (Lipinski definition) is 1. The van der Waals surface area contributed by atoms with Crippen LogP contribution in [-0.4, -0.2) is 48.8 Å². The molecule has 0 aliphatic carbocycles. The van der Waals surface area contributed by atoms with E-state index in [9.17, 15) is 43.2 Å². The van der Waals surface area contributed by atoms with Gasteiger partial charge in [-0.1, -0.05) is 3.71 Å². The van der Waals surface area contributed by atoms with Crippen LogP contribution in [0, 0.1) is 0 Å². The Morgan fingerprint density at radius 1 is 0.850 bits per heavy atom. The second kappa shape index (κ2) is 4.99. The van der Waals surface area contributed by atoms with Crippen molar-refractivity contribution in [1.82, 2.24) is 3.71 Å². The number of rotatable bonds is 4. The zero-order chi connectivity index (χ0) is 16.8. The number of alkyl halides is 6. The van der Waals surface area contributed by atoms with Gasteiger partial charge in [-0.2, -0.15) is 26.3 Å². The van der Waals surface area contributed by atoms with Crippen LogP contribution in [0.15, 0.2) is 0 Å². The van der Waals surface area contributed by atoms with Crippen molar-refractivity contribution in [1.29, 1.82) is 0 Å². The standard InChI is InChI=1S/C6H9F6NO5S2/c1-4(2,14)3-13(19(15,16)5(7,8)9)20(17,18)6(10,11)12/h14H,3H2,1-2H3. The third-order valence-corrected chi connectivity index (χ3v) is 5.32. The van der Waals surface area contributed by atoms with E-state index >= 15 is 0 Å². The summed E-state index contributed by atoms with van der Waals surface area (Å²) in [7, 11) is -13.7. The lowest BCUT2D eigenvalue weighted by Crippen LogP contribution is -2.53. The lowest BCUT2D eigenvalue weighted by Gasteiger charge is -2.28. The summed E-state index contributed by atoms with van der Waals surface area (Å²) < 4.78 is 115. The first-order valence-corrected chi connectivity index (χ1v) is 7.35.